The first-order valence-corrected chi connectivity index (χ1v) is 11.6. The zero-order valence-electron chi connectivity index (χ0n) is 17.8. The molecule has 0 aliphatic carbocycles. The van der Waals surface area contributed by atoms with Crippen LogP contribution >= 0.6 is 23.8 Å². The van der Waals surface area contributed by atoms with Crippen LogP contribution in [-0.2, 0) is 14.8 Å². The highest BCUT2D eigenvalue weighted by Gasteiger charge is 2.50. The van der Waals surface area contributed by atoms with E-state index in [-0.39, 0.29) is 26.5 Å². The van der Waals surface area contributed by atoms with Crippen molar-refractivity contribution in [1.29, 1.82) is 5.26 Å². The van der Waals surface area contributed by atoms with Crippen molar-refractivity contribution in [3.63, 3.8) is 0 Å². The van der Waals surface area contributed by atoms with E-state index in [4.69, 9.17) is 29.1 Å². The van der Waals surface area contributed by atoms with E-state index in [0.29, 0.717) is 11.4 Å². The van der Waals surface area contributed by atoms with E-state index in [2.05, 4.69) is 4.40 Å². The van der Waals surface area contributed by atoms with Crippen LogP contribution in [0.25, 0.3) is 0 Å². The van der Waals surface area contributed by atoms with Crippen molar-refractivity contribution in [3.05, 3.63) is 53.1 Å². The normalized spacial score (nSPS) is 16.0. The lowest BCUT2D eigenvalue weighted by Gasteiger charge is -2.29. The molecule has 1 saturated heterocycles. The molecular formula is C21H20ClN5O3S2. The molecule has 1 amide bonds. The van der Waals surface area contributed by atoms with Crippen LogP contribution in [0.1, 0.15) is 19.4 Å². The van der Waals surface area contributed by atoms with Crippen LogP contribution in [-0.4, -0.2) is 50.3 Å². The quantitative estimate of drug-likeness (QED) is 0.360. The van der Waals surface area contributed by atoms with Crippen LogP contribution in [0.3, 0.4) is 0 Å². The van der Waals surface area contributed by atoms with Gasteiger partial charge in [0, 0.05) is 19.8 Å². The Morgan fingerprint density at radius 2 is 1.88 bits per heavy atom. The second kappa shape index (κ2) is 8.50. The van der Waals surface area contributed by atoms with Crippen LogP contribution in [0.5, 0.6) is 0 Å². The van der Waals surface area contributed by atoms with Crippen molar-refractivity contribution in [2.45, 2.75) is 24.3 Å². The molecule has 0 saturated carbocycles. The Balaban J connectivity index is 2.06. The number of benzene rings is 2. The maximum Gasteiger partial charge on any atom is 0.283 e. The molecule has 8 nitrogen and oxygen atoms in total. The van der Waals surface area contributed by atoms with Crippen molar-refractivity contribution >= 4 is 62.6 Å². The lowest BCUT2D eigenvalue weighted by atomic mass is 10.0. The zero-order chi connectivity index (χ0) is 23.8. The van der Waals surface area contributed by atoms with Crippen LogP contribution < -0.4 is 9.80 Å². The van der Waals surface area contributed by atoms with Gasteiger partial charge in [-0.2, -0.15) is 13.7 Å². The molecule has 2 aromatic rings. The Labute approximate surface area is 197 Å². The number of amides is 1. The molecule has 0 N–H and O–H groups in total. The van der Waals surface area contributed by atoms with Crippen molar-refractivity contribution in [2.75, 3.05) is 23.9 Å². The third-order valence-corrected chi connectivity index (χ3v) is 6.69. The van der Waals surface area contributed by atoms with Crippen molar-refractivity contribution in [1.82, 2.24) is 4.90 Å². The Morgan fingerprint density at radius 3 is 2.47 bits per heavy atom. The number of hydrogen-bond acceptors (Lipinski definition) is 5. The maximum absolute atomic E-state index is 13.3. The van der Waals surface area contributed by atoms with Crippen LogP contribution in [0.2, 0.25) is 5.02 Å². The first kappa shape index (κ1) is 23.7. The largest absolute Gasteiger partial charge is 0.368 e. The summed E-state index contributed by atoms with van der Waals surface area (Å²) >= 11 is 11.8. The smallest absolute Gasteiger partial charge is 0.283 e. The number of carbonyl (C=O) groups is 1. The molecule has 0 spiro atoms. The molecule has 1 fully saturated rings. The van der Waals surface area contributed by atoms with Gasteiger partial charge in [-0.05, 0) is 62.5 Å². The summed E-state index contributed by atoms with van der Waals surface area (Å²) in [5.74, 6) is -0.317. The zero-order valence-corrected chi connectivity index (χ0v) is 20.2. The Morgan fingerprint density at radius 1 is 1.19 bits per heavy atom. The van der Waals surface area contributed by atoms with Gasteiger partial charge in [0.25, 0.3) is 15.9 Å². The fourth-order valence-corrected chi connectivity index (χ4v) is 4.88. The molecule has 1 aliphatic heterocycles. The molecule has 0 aromatic heterocycles. The van der Waals surface area contributed by atoms with Gasteiger partial charge >= 0.3 is 0 Å². The Bertz CT molecular complexity index is 1280. The standard InChI is InChI=1S/C21H20ClN5O3S2/c1-21(2)19(28)26(15-9-8-14(12-23)18(22)11-15)20(31)27(21)16-6-5-7-17(10-16)32(29,30)24-13-25(3)4/h5-11,13H,1-4H3/b24-13+. The number of nitriles is 1. The fourth-order valence-electron chi connectivity index (χ4n) is 3.19. The minimum atomic E-state index is -3.94. The lowest BCUT2D eigenvalue weighted by Crippen LogP contribution is -2.44. The summed E-state index contributed by atoms with van der Waals surface area (Å²) in [6.07, 6.45) is 1.20. The highest BCUT2D eigenvalue weighted by Crippen LogP contribution is 2.38. The molecule has 0 unspecified atom stereocenters. The van der Waals surface area contributed by atoms with Crippen LogP contribution in [0.4, 0.5) is 11.4 Å². The lowest BCUT2D eigenvalue weighted by molar-refractivity contribution is -0.120. The summed E-state index contributed by atoms with van der Waals surface area (Å²) in [4.78, 5) is 17.7. The number of rotatable bonds is 5. The van der Waals surface area contributed by atoms with Crippen molar-refractivity contribution in [3.8, 4) is 6.07 Å². The van der Waals surface area contributed by atoms with Crippen LogP contribution in [0.15, 0.2) is 51.8 Å². The number of sulfonamides is 1. The third-order valence-electron chi connectivity index (χ3n) is 4.79. The van der Waals surface area contributed by atoms with E-state index in [0.717, 1.165) is 0 Å². The Kier molecular flexibility index (Phi) is 6.29. The van der Waals surface area contributed by atoms with E-state index >= 15 is 0 Å². The summed E-state index contributed by atoms with van der Waals surface area (Å²) < 4.78 is 28.9. The number of hydrogen-bond donors (Lipinski definition) is 0. The molecule has 2 aromatic carbocycles. The number of nitrogens with zero attached hydrogens (tertiary/aromatic N) is 5. The first-order chi connectivity index (χ1) is 14.9. The summed E-state index contributed by atoms with van der Waals surface area (Å²) in [7, 11) is -0.618. The van der Waals surface area contributed by atoms with Gasteiger partial charge in [-0.25, -0.2) is 0 Å². The highest BCUT2D eigenvalue weighted by molar-refractivity contribution is 7.90. The molecule has 1 heterocycles. The average molecular weight is 490 g/mol. The molecule has 11 heteroatoms. The van der Waals surface area contributed by atoms with E-state index in [1.54, 1.807) is 51.0 Å². The van der Waals surface area contributed by atoms with Gasteiger partial charge in [-0.15, -0.1) is 4.40 Å². The molecule has 166 valence electrons. The molecule has 0 radical (unpaired) electrons. The number of carbonyl (C=O) groups excluding carboxylic acids is 1. The maximum atomic E-state index is 13.3. The van der Waals surface area contributed by atoms with Gasteiger partial charge in [-0.1, -0.05) is 17.7 Å². The van der Waals surface area contributed by atoms with Gasteiger partial charge in [0.2, 0.25) is 0 Å². The molecule has 0 bridgehead atoms. The second-order valence-corrected chi connectivity index (χ2v) is 10.2. The van der Waals surface area contributed by atoms with Crippen molar-refractivity contribution < 1.29 is 13.2 Å². The predicted molar refractivity (Wildman–Crippen MR) is 129 cm³/mol. The molecule has 1 aliphatic rings. The monoisotopic (exact) mass is 489 g/mol. The topological polar surface area (TPSA) is 97.1 Å². The second-order valence-electron chi connectivity index (χ2n) is 7.75. The molecule has 32 heavy (non-hydrogen) atoms. The minimum absolute atomic E-state index is 0.0287. The van der Waals surface area contributed by atoms with E-state index in [1.165, 1.54) is 40.4 Å². The van der Waals surface area contributed by atoms with Gasteiger partial charge in [0.15, 0.2) is 5.11 Å². The SMILES string of the molecule is CN(C)/C=N/S(=O)(=O)c1cccc(N2C(=S)N(c3ccc(C#N)c(Cl)c3)C(=O)C2(C)C)c1. The predicted octanol–water partition coefficient (Wildman–Crippen LogP) is 3.41. The summed E-state index contributed by atoms with van der Waals surface area (Å²) in [6.45, 7) is 3.39. The van der Waals surface area contributed by atoms with E-state index in [9.17, 15) is 13.2 Å². The summed E-state index contributed by atoms with van der Waals surface area (Å²) in [5, 5.41) is 9.46. The number of thiocarbonyl (C=S) groups is 1. The summed E-state index contributed by atoms with van der Waals surface area (Å²) in [5.41, 5.74) is 0.0168. The van der Waals surface area contributed by atoms with Crippen LogP contribution in [0, 0.1) is 11.3 Å². The third kappa shape index (κ3) is 4.19. The molecule has 3 rings (SSSR count). The Hall–Kier alpha value is -3.00. The summed E-state index contributed by atoms with van der Waals surface area (Å²) in [6, 6.07) is 12.7. The molecular weight excluding hydrogens is 470 g/mol. The van der Waals surface area contributed by atoms with Crippen molar-refractivity contribution in [2.24, 2.45) is 4.40 Å². The van der Waals surface area contributed by atoms with Gasteiger partial charge in [0.05, 0.1) is 21.2 Å². The molecule has 0 atom stereocenters. The van der Waals surface area contributed by atoms with E-state index in [1.807, 2.05) is 6.07 Å². The number of halogens is 1. The number of anilines is 2. The minimum Gasteiger partial charge on any atom is -0.368 e. The average Bonchev–Trinajstić information content (AvgIpc) is 2.90. The van der Waals surface area contributed by atoms with Gasteiger partial charge < -0.3 is 9.80 Å². The highest BCUT2D eigenvalue weighted by atomic mass is 35.5. The van der Waals surface area contributed by atoms with E-state index < -0.39 is 15.6 Å². The fraction of sp³-hybridized carbons (Fsp3) is 0.238. The van der Waals surface area contributed by atoms with Gasteiger partial charge in [-0.3, -0.25) is 9.69 Å². The first-order valence-electron chi connectivity index (χ1n) is 9.35. The van der Waals surface area contributed by atoms with Gasteiger partial charge in [0.1, 0.15) is 17.9 Å².